The van der Waals surface area contributed by atoms with Crippen LogP contribution in [0.2, 0.25) is 10.0 Å². The van der Waals surface area contributed by atoms with E-state index in [2.05, 4.69) is 10.6 Å². The molecule has 2 N–H and O–H groups in total. The zero-order valence-corrected chi connectivity index (χ0v) is 11.6. The van der Waals surface area contributed by atoms with Crippen LogP contribution in [0.4, 0.5) is 4.79 Å². The number of imide groups is 1. The Labute approximate surface area is 120 Å². The summed E-state index contributed by atoms with van der Waals surface area (Å²) in [6.07, 6.45) is 0.540. The first-order chi connectivity index (χ1) is 8.52. The van der Waals surface area contributed by atoms with E-state index in [-0.39, 0.29) is 5.88 Å². The lowest BCUT2D eigenvalue weighted by molar-refractivity contribution is -0.117. The molecule has 4 nitrogen and oxygen atoms in total. The smallest absolute Gasteiger partial charge is 0.321 e. The summed E-state index contributed by atoms with van der Waals surface area (Å²) in [6, 6.07) is 4.56. The SMILES string of the molecule is O=C(CCl)NC(=O)NCCc1ccc(Cl)cc1Cl. The second-order valence-corrected chi connectivity index (χ2v) is 4.53. The van der Waals surface area contributed by atoms with E-state index in [0.29, 0.717) is 23.0 Å². The Kier molecular flexibility index (Phi) is 6.25. The predicted molar refractivity (Wildman–Crippen MR) is 72.4 cm³/mol. The van der Waals surface area contributed by atoms with Gasteiger partial charge in [0.2, 0.25) is 5.91 Å². The minimum Gasteiger partial charge on any atom is -0.337 e. The Morgan fingerprint density at radius 2 is 1.94 bits per heavy atom. The molecule has 18 heavy (non-hydrogen) atoms. The number of nitrogens with one attached hydrogen (secondary N) is 2. The fourth-order valence-electron chi connectivity index (χ4n) is 1.24. The summed E-state index contributed by atoms with van der Waals surface area (Å²) in [7, 11) is 0. The molecule has 0 aliphatic carbocycles. The van der Waals surface area contributed by atoms with E-state index in [9.17, 15) is 9.59 Å². The van der Waals surface area contributed by atoms with Crippen LogP contribution in [0.1, 0.15) is 5.56 Å². The number of urea groups is 1. The first-order valence-electron chi connectivity index (χ1n) is 5.10. The quantitative estimate of drug-likeness (QED) is 0.840. The summed E-state index contributed by atoms with van der Waals surface area (Å²) in [6.45, 7) is 0.350. The van der Waals surface area contributed by atoms with Crippen molar-refractivity contribution in [2.75, 3.05) is 12.4 Å². The number of hydrogen-bond donors (Lipinski definition) is 2. The van der Waals surface area contributed by atoms with Gasteiger partial charge in [0, 0.05) is 16.6 Å². The number of hydrogen-bond acceptors (Lipinski definition) is 2. The third kappa shape index (κ3) is 5.12. The lowest BCUT2D eigenvalue weighted by Crippen LogP contribution is -2.40. The van der Waals surface area contributed by atoms with Crippen molar-refractivity contribution in [3.63, 3.8) is 0 Å². The van der Waals surface area contributed by atoms with E-state index in [1.165, 1.54) is 0 Å². The van der Waals surface area contributed by atoms with Gasteiger partial charge in [-0.25, -0.2) is 4.79 Å². The van der Waals surface area contributed by atoms with Crippen molar-refractivity contribution in [1.82, 2.24) is 10.6 Å². The molecule has 0 saturated carbocycles. The monoisotopic (exact) mass is 308 g/mol. The zero-order chi connectivity index (χ0) is 13.5. The third-order valence-corrected chi connectivity index (χ3v) is 2.90. The molecule has 0 fully saturated rings. The average Bonchev–Trinajstić information content (AvgIpc) is 2.31. The number of halogens is 3. The summed E-state index contributed by atoms with van der Waals surface area (Å²) in [5, 5.41) is 5.68. The summed E-state index contributed by atoms with van der Waals surface area (Å²) in [5.74, 6) is -0.796. The van der Waals surface area contributed by atoms with Crippen molar-refractivity contribution in [2.45, 2.75) is 6.42 Å². The van der Waals surface area contributed by atoms with Crippen LogP contribution in [0, 0.1) is 0 Å². The van der Waals surface area contributed by atoms with Gasteiger partial charge in [0.15, 0.2) is 0 Å². The fraction of sp³-hybridized carbons (Fsp3) is 0.273. The highest BCUT2D eigenvalue weighted by Crippen LogP contribution is 2.20. The number of benzene rings is 1. The second-order valence-electron chi connectivity index (χ2n) is 3.42. The maximum Gasteiger partial charge on any atom is 0.321 e. The van der Waals surface area contributed by atoms with Crippen LogP contribution in [-0.4, -0.2) is 24.4 Å². The molecule has 0 unspecified atom stereocenters. The molecule has 0 saturated heterocycles. The molecule has 0 spiro atoms. The summed E-state index contributed by atoms with van der Waals surface area (Å²) in [5.41, 5.74) is 0.866. The maximum atomic E-state index is 11.2. The maximum absolute atomic E-state index is 11.2. The van der Waals surface area contributed by atoms with Crippen LogP contribution in [-0.2, 0) is 11.2 Å². The molecule has 0 aliphatic heterocycles. The van der Waals surface area contributed by atoms with Gasteiger partial charge in [-0.3, -0.25) is 10.1 Å². The van der Waals surface area contributed by atoms with E-state index in [1.54, 1.807) is 18.2 Å². The van der Waals surface area contributed by atoms with E-state index < -0.39 is 11.9 Å². The average molecular weight is 310 g/mol. The van der Waals surface area contributed by atoms with Crippen LogP contribution < -0.4 is 10.6 Å². The van der Waals surface area contributed by atoms with E-state index >= 15 is 0 Å². The number of alkyl halides is 1. The molecule has 98 valence electrons. The van der Waals surface area contributed by atoms with Crippen molar-refractivity contribution < 1.29 is 9.59 Å². The van der Waals surface area contributed by atoms with Gasteiger partial charge in [-0.1, -0.05) is 29.3 Å². The lowest BCUT2D eigenvalue weighted by atomic mass is 10.1. The first-order valence-corrected chi connectivity index (χ1v) is 6.39. The van der Waals surface area contributed by atoms with Gasteiger partial charge < -0.3 is 5.32 Å². The van der Waals surface area contributed by atoms with Gasteiger partial charge in [-0.15, -0.1) is 11.6 Å². The Morgan fingerprint density at radius 1 is 1.22 bits per heavy atom. The highest BCUT2D eigenvalue weighted by molar-refractivity contribution is 6.35. The molecule has 7 heteroatoms. The van der Waals surface area contributed by atoms with Crippen LogP contribution in [0.3, 0.4) is 0 Å². The first kappa shape index (κ1) is 15.1. The van der Waals surface area contributed by atoms with Crippen molar-refractivity contribution in [3.8, 4) is 0 Å². The molecule has 0 heterocycles. The van der Waals surface area contributed by atoms with Gasteiger partial charge in [0.1, 0.15) is 5.88 Å². The van der Waals surface area contributed by atoms with Gasteiger partial charge in [-0.2, -0.15) is 0 Å². The molecule has 0 atom stereocenters. The molecule has 1 aromatic carbocycles. The topological polar surface area (TPSA) is 58.2 Å². The van der Waals surface area contributed by atoms with Crippen LogP contribution in [0.25, 0.3) is 0 Å². The molecule has 0 aliphatic rings. The summed E-state index contributed by atoms with van der Waals surface area (Å²) in [4.78, 5) is 22.0. The molecule has 0 radical (unpaired) electrons. The van der Waals surface area contributed by atoms with Crippen molar-refractivity contribution in [3.05, 3.63) is 33.8 Å². The number of carbonyl (C=O) groups is 2. The Bertz CT molecular complexity index is 452. The van der Waals surface area contributed by atoms with Crippen LogP contribution >= 0.6 is 34.8 Å². The molecule has 1 aromatic rings. The van der Waals surface area contributed by atoms with E-state index in [4.69, 9.17) is 34.8 Å². The zero-order valence-electron chi connectivity index (χ0n) is 9.30. The van der Waals surface area contributed by atoms with Gasteiger partial charge in [-0.05, 0) is 24.1 Å². The van der Waals surface area contributed by atoms with E-state index in [0.717, 1.165) is 5.56 Å². The van der Waals surface area contributed by atoms with Gasteiger partial charge in [0.25, 0.3) is 0 Å². The highest BCUT2D eigenvalue weighted by atomic mass is 35.5. The number of rotatable bonds is 4. The predicted octanol–water partition coefficient (Wildman–Crippen LogP) is 2.60. The lowest BCUT2D eigenvalue weighted by Gasteiger charge is -2.07. The molecular weight excluding hydrogens is 298 g/mol. The third-order valence-electron chi connectivity index (χ3n) is 2.07. The number of carbonyl (C=O) groups excluding carboxylic acids is 2. The summed E-state index contributed by atoms with van der Waals surface area (Å²) >= 11 is 17.0. The highest BCUT2D eigenvalue weighted by Gasteiger charge is 2.06. The summed E-state index contributed by atoms with van der Waals surface area (Å²) < 4.78 is 0. The van der Waals surface area contributed by atoms with E-state index in [1.807, 2.05) is 0 Å². The van der Waals surface area contributed by atoms with Crippen molar-refractivity contribution in [1.29, 1.82) is 0 Å². The molecule has 0 bridgehead atoms. The largest absolute Gasteiger partial charge is 0.337 e. The van der Waals surface area contributed by atoms with Crippen molar-refractivity contribution in [2.24, 2.45) is 0 Å². The van der Waals surface area contributed by atoms with Crippen molar-refractivity contribution >= 4 is 46.7 Å². The second kappa shape index (κ2) is 7.46. The van der Waals surface area contributed by atoms with Crippen LogP contribution in [0.5, 0.6) is 0 Å². The Morgan fingerprint density at radius 3 is 2.56 bits per heavy atom. The number of amides is 3. The molecule has 0 aromatic heterocycles. The Hall–Kier alpha value is -0.970. The van der Waals surface area contributed by atoms with Gasteiger partial charge >= 0.3 is 6.03 Å². The normalized spacial score (nSPS) is 9.94. The minimum absolute atomic E-state index is 0.254. The molecule has 3 amide bonds. The minimum atomic E-state index is -0.578. The standard InChI is InChI=1S/C11H11Cl3N2O2/c12-6-10(17)16-11(18)15-4-3-7-1-2-8(13)5-9(7)14/h1-2,5H,3-4,6H2,(H2,15,16,17,18). The van der Waals surface area contributed by atoms with Gasteiger partial charge in [0.05, 0.1) is 0 Å². The van der Waals surface area contributed by atoms with Crippen LogP contribution in [0.15, 0.2) is 18.2 Å². The molecule has 1 rings (SSSR count). The Balaban J connectivity index is 2.37. The molecular formula is C11H11Cl3N2O2. The fourth-order valence-corrected chi connectivity index (χ4v) is 1.81.